The van der Waals surface area contributed by atoms with Crippen LogP contribution in [0, 0.1) is 0 Å². The maximum atomic E-state index is 12.2. The average Bonchev–Trinajstić information content (AvgIpc) is 2.89. The third kappa shape index (κ3) is 4.87. The van der Waals surface area contributed by atoms with Crippen LogP contribution in [0.3, 0.4) is 0 Å². The van der Waals surface area contributed by atoms with Crippen molar-refractivity contribution in [2.75, 3.05) is 16.8 Å². The molecule has 1 aliphatic rings. The van der Waals surface area contributed by atoms with Crippen molar-refractivity contribution < 1.29 is 17.9 Å². The van der Waals surface area contributed by atoms with Gasteiger partial charge in [0.05, 0.1) is 17.2 Å². The molecule has 0 bridgehead atoms. The molecular formula is C17H17ClN2O4S. The molecule has 2 aromatic rings. The van der Waals surface area contributed by atoms with Crippen molar-refractivity contribution in [3.8, 4) is 11.5 Å². The highest BCUT2D eigenvalue weighted by atomic mass is 35.5. The van der Waals surface area contributed by atoms with Crippen LogP contribution in [0.25, 0.3) is 0 Å². The van der Waals surface area contributed by atoms with Gasteiger partial charge >= 0.3 is 6.03 Å². The van der Waals surface area contributed by atoms with Crippen molar-refractivity contribution in [3.05, 3.63) is 53.6 Å². The second-order valence-corrected chi connectivity index (χ2v) is 8.42. The van der Waals surface area contributed by atoms with E-state index in [1.54, 1.807) is 30.3 Å². The molecule has 3 rings (SSSR count). The molecule has 132 valence electrons. The van der Waals surface area contributed by atoms with Crippen molar-refractivity contribution in [1.82, 2.24) is 5.32 Å². The summed E-state index contributed by atoms with van der Waals surface area (Å²) in [5.41, 5.74) is 0.398. The van der Waals surface area contributed by atoms with Gasteiger partial charge < -0.3 is 15.4 Å². The van der Waals surface area contributed by atoms with Crippen LogP contribution in [0.15, 0.2) is 48.5 Å². The van der Waals surface area contributed by atoms with Crippen LogP contribution >= 0.6 is 11.6 Å². The lowest BCUT2D eigenvalue weighted by Crippen LogP contribution is -2.38. The van der Waals surface area contributed by atoms with E-state index in [2.05, 4.69) is 10.6 Å². The molecule has 1 unspecified atom stereocenters. The number of urea groups is 1. The van der Waals surface area contributed by atoms with Gasteiger partial charge in [-0.15, -0.1) is 0 Å². The van der Waals surface area contributed by atoms with Crippen LogP contribution in [0.5, 0.6) is 11.5 Å². The van der Waals surface area contributed by atoms with Gasteiger partial charge in [-0.25, -0.2) is 13.2 Å². The van der Waals surface area contributed by atoms with Gasteiger partial charge in [0.15, 0.2) is 15.6 Å². The van der Waals surface area contributed by atoms with E-state index in [0.29, 0.717) is 28.6 Å². The maximum Gasteiger partial charge on any atom is 0.319 e. The van der Waals surface area contributed by atoms with Crippen LogP contribution in [-0.2, 0) is 9.84 Å². The van der Waals surface area contributed by atoms with E-state index in [1.807, 2.05) is 18.2 Å². The molecule has 6 nitrogen and oxygen atoms in total. The highest BCUT2D eigenvalue weighted by Crippen LogP contribution is 2.32. The van der Waals surface area contributed by atoms with E-state index in [4.69, 9.17) is 16.3 Å². The van der Waals surface area contributed by atoms with Crippen molar-refractivity contribution in [3.63, 3.8) is 0 Å². The quantitative estimate of drug-likeness (QED) is 0.850. The summed E-state index contributed by atoms with van der Waals surface area (Å²) in [5, 5.41) is 5.78. The minimum Gasteiger partial charge on any atom is -0.455 e. The number of amides is 2. The van der Waals surface area contributed by atoms with Gasteiger partial charge in [-0.1, -0.05) is 29.8 Å². The Balaban J connectivity index is 1.70. The lowest BCUT2D eigenvalue weighted by molar-refractivity contribution is 0.249. The zero-order valence-corrected chi connectivity index (χ0v) is 14.8. The Labute approximate surface area is 151 Å². The summed E-state index contributed by atoms with van der Waals surface area (Å²) in [7, 11) is -3.06. The predicted molar refractivity (Wildman–Crippen MR) is 97.2 cm³/mol. The van der Waals surface area contributed by atoms with Crippen molar-refractivity contribution in [1.29, 1.82) is 0 Å². The topological polar surface area (TPSA) is 84.5 Å². The number of para-hydroxylation sites is 1. The van der Waals surface area contributed by atoms with Gasteiger partial charge in [-0.3, -0.25) is 0 Å². The molecule has 1 atom stereocenters. The minimum absolute atomic E-state index is 0.0384. The fraction of sp³-hybridized carbons (Fsp3) is 0.235. The van der Waals surface area contributed by atoms with E-state index in [1.165, 1.54) is 0 Å². The summed E-state index contributed by atoms with van der Waals surface area (Å²) >= 11 is 6.00. The molecule has 1 fully saturated rings. The first-order valence-corrected chi connectivity index (χ1v) is 9.92. The second-order valence-electron chi connectivity index (χ2n) is 5.75. The number of nitrogens with one attached hydrogen (secondary N) is 2. The summed E-state index contributed by atoms with van der Waals surface area (Å²) < 4.78 is 28.7. The number of benzene rings is 2. The van der Waals surface area contributed by atoms with Gasteiger partial charge in [0.2, 0.25) is 0 Å². The third-order valence-corrected chi connectivity index (χ3v) is 5.73. The Bertz CT molecular complexity index is 871. The molecule has 2 aromatic carbocycles. The average molecular weight is 381 g/mol. The molecule has 1 saturated heterocycles. The number of halogens is 1. The van der Waals surface area contributed by atoms with E-state index in [9.17, 15) is 13.2 Å². The number of ether oxygens (including phenoxy) is 1. The van der Waals surface area contributed by atoms with Gasteiger partial charge in [0.25, 0.3) is 0 Å². The first kappa shape index (κ1) is 17.6. The van der Waals surface area contributed by atoms with Crippen molar-refractivity contribution >= 4 is 33.2 Å². The number of carbonyl (C=O) groups excluding carboxylic acids is 1. The highest BCUT2D eigenvalue weighted by Gasteiger charge is 2.29. The molecule has 2 amide bonds. The second kappa shape index (κ2) is 7.33. The minimum atomic E-state index is -3.06. The monoisotopic (exact) mass is 380 g/mol. The van der Waals surface area contributed by atoms with Gasteiger partial charge in [-0.2, -0.15) is 0 Å². The molecule has 1 aliphatic heterocycles. The van der Waals surface area contributed by atoms with Crippen LogP contribution < -0.4 is 15.4 Å². The number of hydrogen-bond acceptors (Lipinski definition) is 4. The Morgan fingerprint density at radius 1 is 1.16 bits per heavy atom. The Morgan fingerprint density at radius 2 is 1.92 bits per heavy atom. The molecule has 0 saturated carbocycles. The molecule has 0 spiro atoms. The van der Waals surface area contributed by atoms with Crippen LogP contribution in [-0.4, -0.2) is 32.0 Å². The number of anilines is 1. The van der Waals surface area contributed by atoms with Crippen LogP contribution in [0.2, 0.25) is 5.02 Å². The Morgan fingerprint density at radius 3 is 2.60 bits per heavy atom. The summed E-state index contributed by atoms with van der Waals surface area (Å²) in [6.07, 6.45) is 0.415. The van der Waals surface area contributed by atoms with E-state index >= 15 is 0 Å². The Hall–Kier alpha value is -2.25. The third-order valence-electron chi connectivity index (χ3n) is 3.73. The van der Waals surface area contributed by atoms with E-state index in [-0.39, 0.29) is 17.5 Å². The number of rotatable bonds is 4. The molecule has 0 aromatic heterocycles. The molecule has 2 N–H and O–H groups in total. The van der Waals surface area contributed by atoms with E-state index in [0.717, 1.165) is 0 Å². The maximum absolute atomic E-state index is 12.2. The van der Waals surface area contributed by atoms with Gasteiger partial charge in [0.1, 0.15) is 5.75 Å². The highest BCUT2D eigenvalue weighted by molar-refractivity contribution is 7.91. The molecule has 0 radical (unpaired) electrons. The fourth-order valence-electron chi connectivity index (χ4n) is 2.56. The van der Waals surface area contributed by atoms with Gasteiger partial charge in [0, 0.05) is 11.1 Å². The van der Waals surface area contributed by atoms with Crippen LogP contribution in [0.1, 0.15) is 6.42 Å². The molecule has 25 heavy (non-hydrogen) atoms. The number of sulfone groups is 1. The van der Waals surface area contributed by atoms with Crippen molar-refractivity contribution in [2.45, 2.75) is 12.5 Å². The predicted octanol–water partition coefficient (Wildman–Crippen LogP) is 3.44. The lowest BCUT2D eigenvalue weighted by Gasteiger charge is -2.15. The fourth-order valence-corrected chi connectivity index (χ4v) is 4.40. The standard InChI is InChI=1S/C17H17ClN2O4S/c18-12-6-7-16(24-14-4-2-1-3-5-14)15(10-12)20-17(21)19-13-8-9-25(22,23)11-13/h1-7,10,13H,8-9,11H2,(H2,19,20,21). The molecule has 0 aliphatic carbocycles. The normalized spacial score (nSPS) is 18.5. The SMILES string of the molecule is O=C(Nc1cc(Cl)ccc1Oc1ccccc1)NC1CCS(=O)(=O)C1. The first-order valence-electron chi connectivity index (χ1n) is 7.72. The summed E-state index contributed by atoms with van der Waals surface area (Å²) in [6, 6.07) is 13.1. The van der Waals surface area contributed by atoms with Crippen molar-refractivity contribution in [2.24, 2.45) is 0 Å². The smallest absolute Gasteiger partial charge is 0.319 e. The summed E-state index contributed by atoms with van der Waals surface area (Å²) in [6.45, 7) is 0. The summed E-state index contributed by atoms with van der Waals surface area (Å²) in [5.74, 6) is 1.11. The van der Waals surface area contributed by atoms with E-state index < -0.39 is 15.9 Å². The molecule has 8 heteroatoms. The first-order chi connectivity index (χ1) is 11.9. The number of hydrogen-bond donors (Lipinski definition) is 2. The van der Waals surface area contributed by atoms with Crippen LogP contribution in [0.4, 0.5) is 10.5 Å². The lowest BCUT2D eigenvalue weighted by atomic mass is 10.2. The number of carbonyl (C=O) groups is 1. The zero-order valence-electron chi connectivity index (χ0n) is 13.2. The van der Waals surface area contributed by atoms with Gasteiger partial charge in [-0.05, 0) is 36.8 Å². The Kier molecular flexibility index (Phi) is 5.15. The largest absolute Gasteiger partial charge is 0.455 e. The summed E-state index contributed by atoms with van der Waals surface area (Å²) in [4.78, 5) is 12.2. The molecular weight excluding hydrogens is 364 g/mol. The molecule has 1 heterocycles. The zero-order chi connectivity index (χ0) is 17.9.